The molecule has 16 heavy (non-hydrogen) atoms. The minimum Gasteiger partial charge on any atom is -0.319 e. The Morgan fingerprint density at radius 1 is 1.38 bits per heavy atom. The molecule has 0 radical (unpaired) electrons. The van der Waals surface area contributed by atoms with Gasteiger partial charge in [0.25, 0.3) is 0 Å². The summed E-state index contributed by atoms with van der Waals surface area (Å²) in [5.74, 6) is 0. The van der Waals surface area contributed by atoms with Crippen LogP contribution in [0.1, 0.15) is 18.9 Å². The first-order valence-corrected chi connectivity index (χ1v) is 6.13. The van der Waals surface area contributed by atoms with Crippen LogP contribution in [0.15, 0.2) is 29.8 Å². The zero-order valence-corrected chi connectivity index (χ0v) is 11.2. The topological polar surface area (TPSA) is 12.0 Å². The number of nitrogens with one attached hydrogen (secondary N) is 1. The lowest BCUT2D eigenvalue weighted by molar-refractivity contribution is 0.803. The quantitative estimate of drug-likeness (QED) is 0.619. The van der Waals surface area contributed by atoms with Gasteiger partial charge in [-0.3, -0.25) is 0 Å². The minimum absolute atomic E-state index is 0.738. The predicted octanol–water partition coefficient (Wildman–Crippen LogP) is 4.09. The second kappa shape index (κ2) is 6.95. The minimum atomic E-state index is 0.738. The molecule has 1 rings (SSSR count). The fourth-order valence-corrected chi connectivity index (χ4v) is 1.89. The molecule has 0 unspecified atom stereocenters. The second-order valence-corrected chi connectivity index (χ2v) is 4.70. The molecule has 3 heteroatoms. The third kappa shape index (κ3) is 4.56. The van der Waals surface area contributed by atoms with E-state index in [1.54, 1.807) is 0 Å². The molecule has 88 valence electrons. The zero-order chi connectivity index (χ0) is 12.0. The van der Waals surface area contributed by atoms with Crippen molar-refractivity contribution < 1.29 is 0 Å². The first-order valence-electron chi connectivity index (χ1n) is 5.37. The summed E-state index contributed by atoms with van der Waals surface area (Å²) < 4.78 is 0. The van der Waals surface area contributed by atoms with Gasteiger partial charge >= 0.3 is 0 Å². The third-order valence-electron chi connectivity index (χ3n) is 2.36. The van der Waals surface area contributed by atoms with E-state index in [9.17, 15) is 0 Å². The van der Waals surface area contributed by atoms with Crippen molar-refractivity contribution in [2.24, 2.45) is 0 Å². The van der Waals surface area contributed by atoms with Crippen molar-refractivity contribution in [2.45, 2.75) is 19.8 Å². The molecule has 0 aliphatic carbocycles. The maximum atomic E-state index is 6.10. The molecular formula is C13H17Cl2N. The van der Waals surface area contributed by atoms with Crippen molar-refractivity contribution in [3.05, 3.63) is 45.5 Å². The van der Waals surface area contributed by atoms with Gasteiger partial charge in [0.2, 0.25) is 0 Å². The van der Waals surface area contributed by atoms with Gasteiger partial charge in [-0.1, -0.05) is 34.9 Å². The fourth-order valence-electron chi connectivity index (χ4n) is 1.51. The predicted molar refractivity (Wildman–Crippen MR) is 72.5 cm³/mol. The Morgan fingerprint density at radius 2 is 2.12 bits per heavy atom. The lowest BCUT2D eigenvalue weighted by Gasteiger charge is -2.05. The van der Waals surface area contributed by atoms with Gasteiger partial charge in [0, 0.05) is 10.0 Å². The summed E-state index contributed by atoms with van der Waals surface area (Å²) in [6, 6.07) is 5.59. The number of hydrogen-bond acceptors (Lipinski definition) is 1. The second-order valence-electron chi connectivity index (χ2n) is 3.86. The summed E-state index contributed by atoms with van der Waals surface area (Å²) in [5, 5.41) is 4.64. The van der Waals surface area contributed by atoms with E-state index < -0.39 is 0 Å². The highest BCUT2D eigenvalue weighted by atomic mass is 35.5. The van der Waals surface area contributed by atoms with Gasteiger partial charge in [0.05, 0.1) is 0 Å². The van der Waals surface area contributed by atoms with Crippen LogP contribution < -0.4 is 5.32 Å². The molecule has 1 nitrogen and oxygen atoms in total. The molecule has 0 aromatic heterocycles. The Kier molecular flexibility index (Phi) is 5.89. The summed E-state index contributed by atoms with van der Waals surface area (Å²) in [5.41, 5.74) is 2.41. The van der Waals surface area contributed by atoms with Crippen molar-refractivity contribution >= 4 is 23.2 Å². The van der Waals surface area contributed by atoms with Gasteiger partial charge in [-0.25, -0.2) is 0 Å². The molecule has 0 aliphatic heterocycles. The molecule has 1 aromatic rings. The van der Waals surface area contributed by atoms with Crippen LogP contribution in [-0.4, -0.2) is 13.6 Å². The molecule has 0 amide bonds. The Balaban J connectivity index is 2.65. The summed E-state index contributed by atoms with van der Waals surface area (Å²) >= 11 is 12.0. The Morgan fingerprint density at radius 3 is 2.81 bits per heavy atom. The van der Waals surface area contributed by atoms with Crippen molar-refractivity contribution in [3.63, 3.8) is 0 Å². The first kappa shape index (κ1) is 13.6. The highest BCUT2D eigenvalue weighted by Gasteiger charge is 2.02. The number of allylic oxidation sites excluding steroid dienone is 1. The van der Waals surface area contributed by atoms with Crippen molar-refractivity contribution in [1.82, 2.24) is 5.32 Å². The highest BCUT2D eigenvalue weighted by Crippen LogP contribution is 2.23. The molecule has 0 fully saturated rings. The highest BCUT2D eigenvalue weighted by molar-refractivity contribution is 6.33. The third-order valence-corrected chi connectivity index (χ3v) is 2.97. The van der Waals surface area contributed by atoms with E-state index in [1.165, 1.54) is 5.57 Å². The molecule has 0 spiro atoms. The SMILES string of the molecule is CNCCC=C(C)Cc1cc(Cl)ccc1Cl. The van der Waals surface area contributed by atoms with E-state index >= 15 is 0 Å². The molecule has 1 N–H and O–H groups in total. The molecule has 0 atom stereocenters. The van der Waals surface area contributed by atoms with Crippen LogP contribution in [0.5, 0.6) is 0 Å². The first-order chi connectivity index (χ1) is 7.63. The smallest absolute Gasteiger partial charge is 0.0442 e. The van der Waals surface area contributed by atoms with E-state index in [4.69, 9.17) is 23.2 Å². The van der Waals surface area contributed by atoms with E-state index in [2.05, 4.69) is 18.3 Å². The van der Waals surface area contributed by atoms with Crippen LogP contribution in [0.2, 0.25) is 10.0 Å². The van der Waals surface area contributed by atoms with Crippen LogP contribution in [-0.2, 0) is 6.42 Å². The lowest BCUT2D eigenvalue weighted by atomic mass is 10.1. The van der Waals surface area contributed by atoms with E-state index in [0.29, 0.717) is 0 Å². The van der Waals surface area contributed by atoms with E-state index in [0.717, 1.165) is 35.0 Å². The maximum Gasteiger partial charge on any atom is 0.0442 e. The number of rotatable bonds is 5. The van der Waals surface area contributed by atoms with Crippen molar-refractivity contribution in [3.8, 4) is 0 Å². The number of halogens is 2. The van der Waals surface area contributed by atoms with Crippen LogP contribution in [0, 0.1) is 0 Å². The van der Waals surface area contributed by atoms with E-state index in [1.807, 2.05) is 25.2 Å². The largest absolute Gasteiger partial charge is 0.319 e. The molecular weight excluding hydrogens is 241 g/mol. The monoisotopic (exact) mass is 257 g/mol. The summed E-state index contributed by atoms with van der Waals surface area (Å²) in [4.78, 5) is 0. The molecule has 0 saturated carbocycles. The summed E-state index contributed by atoms with van der Waals surface area (Å²) in [6.07, 6.45) is 4.14. The Hall–Kier alpha value is -0.500. The molecule has 1 aromatic carbocycles. The Labute approximate surface area is 107 Å². The van der Waals surface area contributed by atoms with Crippen molar-refractivity contribution in [1.29, 1.82) is 0 Å². The average Bonchev–Trinajstić information content (AvgIpc) is 2.24. The van der Waals surface area contributed by atoms with Gasteiger partial charge in [0.15, 0.2) is 0 Å². The van der Waals surface area contributed by atoms with Crippen LogP contribution >= 0.6 is 23.2 Å². The fraction of sp³-hybridized carbons (Fsp3) is 0.385. The van der Waals surface area contributed by atoms with Crippen LogP contribution in [0.25, 0.3) is 0 Å². The van der Waals surface area contributed by atoms with Gasteiger partial charge in [0.1, 0.15) is 0 Å². The van der Waals surface area contributed by atoms with Crippen LogP contribution in [0.4, 0.5) is 0 Å². The van der Waals surface area contributed by atoms with E-state index in [-0.39, 0.29) is 0 Å². The molecule has 0 heterocycles. The molecule has 0 aliphatic rings. The number of hydrogen-bond donors (Lipinski definition) is 1. The normalized spacial score (nSPS) is 11.9. The van der Waals surface area contributed by atoms with Gasteiger partial charge in [-0.05, 0) is 57.1 Å². The number of benzene rings is 1. The van der Waals surface area contributed by atoms with Crippen LogP contribution in [0.3, 0.4) is 0 Å². The van der Waals surface area contributed by atoms with Crippen molar-refractivity contribution in [2.75, 3.05) is 13.6 Å². The maximum absolute atomic E-state index is 6.10. The van der Waals surface area contributed by atoms with Gasteiger partial charge in [-0.2, -0.15) is 0 Å². The summed E-state index contributed by atoms with van der Waals surface area (Å²) in [6.45, 7) is 3.12. The zero-order valence-electron chi connectivity index (χ0n) is 9.69. The molecule has 0 bridgehead atoms. The summed E-state index contributed by atoms with van der Waals surface area (Å²) in [7, 11) is 1.96. The van der Waals surface area contributed by atoms with Gasteiger partial charge < -0.3 is 5.32 Å². The van der Waals surface area contributed by atoms with Gasteiger partial charge in [-0.15, -0.1) is 0 Å². The standard InChI is InChI=1S/C13H17Cl2N/c1-10(4-3-7-16-2)8-11-9-12(14)5-6-13(11)15/h4-6,9,16H,3,7-8H2,1-2H3. The average molecular weight is 258 g/mol. The lowest BCUT2D eigenvalue weighted by Crippen LogP contribution is -2.06. The Bertz CT molecular complexity index is 372. The molecule has 0 saturated heterocycles.